The molecule has 0 fully saturated rings. The maximum Gasteiger partial charge on any atom is 0.277 e. The molecule has 4 rings (SSSR count). The van der Waals surface area contributed by atoms with Crippen molar-refractivity contribution in [2.45, 2.75) is 19.9 Å². The SMILES string of the molecule is Cc1c(NC(=O)c2cc(-c3ccco3)on2)cnn1C(C)c1c(Cl)cccc1Cl. The summed E-state index contributed by atoms with van der Waals surface area (Å²) in [5, 5.41) is 12.1. The number of nitrogens with one attached hydrogen (secondary N) is 1. The summed E-state index contributed by atoms with van der Waals surface area (Å²) in [5.74, 6) is 0.443. The van der Waals surface area contributed by atoms with Crippen molar-refractivity contribution in [2.24, 2.45) is 0 Å². The van der Waals surface area contributed by atoms with Crippen LogP contribution < -0.4 is 5.32 Å². The zero-order valence-electron chi connectivity index (χ0n) is 15.5. The molecule has 0 aliphatic rings. The first-order valence-corrected chi connectivity index (χ1v) is 9.51. The third-order valence-electron chi connectivity index (χ3n) is 4.58. The van der Waals surface area contributed by atoms with E-state index in [1.165, 1.54) is 12.3 Å². The topological polar surface area (TPSA) is 86.1 Å². The molecule has 0 saturated carbocycles. The maximum atomic E-state index is 12.6. The summed E-state index contributed by atoms with van der Waals surface area (Å²) in [7, 11) is 0. The van der Waals surface area contributed by atoms with Gasteiger partial charge in [-0.2, -0.15) is 5.10 Å². The molecule has 9 heteroatoms. The summed E-state index contributed by atoms with van der Waals surface area (Å²) in [6, 6.07) is 10.1. The Hall–Kier alpha value is -3.03. The van der Waals surface area contributed by atoms with Gasteiger partial charge >= 0.3 is 0 Å². The predicted molar refractivity (Wildman–Crippen MR) is 109 cm³/mol. The molecule has 1 unspecified atom stereocenters. The van der Waals surface area contributed by atoms with Gasteiger partial charge in [-0.3, -0.25) is 9.48 Å². The summed E-state index contributed by atoms with van der Waals surface area (Å²) in [4.78, 5) is 12.6. The number of anilines is 1. The van der Waals surface area contributed by atoms with Crippen LogP contribution in [0.1, 0.15) is 34.7 Å². The van der Waals surface area contributed by atoms with E-state index in [-0.39, 0.29) is 11.7 Å². The number of hydrogen-bond donors (Lipinski definition) is 1. The summed E-state index contributed by atoms with van der Waals surface area (Å²) >= 11 is 12.6. The summed E-state index contributed by atoms with van der Waals surface area (Å²) in [6.07, 6.45) is 3.09. The number of amides is 1. The van der Waals surface area contributed by atoms with Crippen molar-refractivity contribution in [1.82, 2.24) is 14.9 Å². The van der Waals surface area contributed by atoms with Crippen LogP contribution in [0.2, 0.25) is 10.0 Å². The van der Waals surface area contributed by atoms with E-state index >= 15 is 0 Å². The van der Waals surface area contributed by atoms with Gasteiger partial charge in [0.1, 0.15) is 0 Å². The fourth-order valence-electron chi connectivity index (χ4n) is 3.07. The molecular weight excluding hydrogens is 415 g/mol. The zero-order valence-corrected chi connectivity index (χ0v) is 17.0. The molecule has 1 N–H and O–H groups in total. The first-order chi connectivity index (χ1) is 14.0. The molecule has 0 aliphatic carbocycles. The second-order valence-electron chi connectivity index (χ2n) is 6.41. The van der Waals surface area contributed by atoms with Crippen LogP contribution in [0.3, 0.4) is 0 Å². The van der Waals surface area contributed by atoms with Crippen molar-refractivity contribution in [3.63, 3.8) is 0 Å². The first kappa shape index (κ1) is 19.3. The molecule has 3 heterocycles. The van der Waals surface area contributed by atoms with E-state index in [1.807, 2.05) is 13.8 Å². The van der Waals surface area contributed by atoms with Crippen molar-refractivity contribution in [2.75, 3.05) is 5.32 Å². The highest BCUT2D eigenvalue weighted by molar-refractivity contribution is 6.36. The monoisotopic (exact) mass is 430 g/mol. The van der Waals surface area contributed by atoms with Gasteiger partial charge < -0.3 is 14.3 Å². The molecule has 0 bridgehead atoms. The third-order valence-corrected chi connectivity index (χ3v) is 5.24. The van der Waals surface area contributed by atoms with E-state index in [9.17, 15) is 4.79 Å². The minimum atomic E-state index is -0.419. The van der Waals surface area contributed by atoms with Crippen LogP contribution in [-0.2, 0) is 0 Å². The van der Waals surface area contributed by atoms with Crippen LogP contribution in [0, 0.1) is 6.92 Å². The van der Waals surface area contributed by atoms with Gasteiger partial charge in [0.2, 0.25) is 5.76 Å². The Labute approximate surface area is 176 Å². The van der Waals surface area contributed by atoms with Crippen LogP contribution in [0.15, 0.2) is 57.8 Å². The number of carbonyl (C=O) groups excluding carboxylic acids is 1. The minimum Gasteiger partial charge on any atom is -0.461 e. The van der Waals surface area contributed by atoms with E-state index in [0.717, 1.165) is 11.3 Å². The highest BCUT2D eigenvalue weighted by Crippen LogP contribution is 2.33. The van der Waals surface area contributed by atoms with Gasteiger partial charge in [0.05, 0.1) is 29.9 Å². The number of halogens is 2. The van der Waals surface area contributed by atoms with Gasteiger partial charge in [-0.05, 0) is 38.1 Å². The zero-order chi connectivity index (χ0) is 20.5. The molecular formula is C20H16Cl2N4O3. The Morgan fingerprint density at radius 1 is 1.17 bits per heavy atom. The van der Waals surface area contributed by atoms with E-state index < -0.39 is 5.91 Å². The third kappa shape index (κ3) is 3.66. The fraction of sp³-hybridized carbons (Fsp3) is 0.150. The molecule has 3 aromatic heterocycles. The number of carbonyl (C=O) groups is 1. The van der Waals surface area contributed by atoms with Gasteiger partial charge in [-0.1, -0.05) is 34.4 Å². The molecule has 0 spiro atoms. The van der Waals surface area contributed by atoms with E-state index in [4.69, 9.17) is 32.1 Å². The molecule has 0 aliphatic heterocycles. The Morgan fingerprint density at radius 2 is 1.93 bits per heavy atom. The molecule has 1 amide bonds. The average molecular weight is 431 g/mol. The lowest BCUT2D eigenvalue weighted by Gasteiger charge is -2.18. The molecule has 0 saturated heterocycles. The van der Waals surface area contributed by atoms with Crippen molar-refractivity contribution in [1.29, 1.82) is 0 Å². The molecule has 148 valence electrons. The second-order valence-corrected chi connectivity index (χ2v) is 7.22. The lowest BCUT2D eigenvalue weighted by molar-refractivity contribution is 0.101. The largest absolute Gasteiger partial charge is 0.461 e. The van der Waals surface area contributed by atoms with Crippen LogP contribution in [-0.4, -0.2) is 20.8 Å². The smallest absolute Gasteiger partial charge is 0.277 e. The predicted octanol–water partition coefficient (Wildman–Crippen LogP) is 5.61. The lowest BCUT2D eigenvalue weighted by Crippen LogP contribution is -2.14. The van der Waals surface area contributed by atoms with E-state index in [2.05, 4.69) is 15.6 Å². The fourth-order valence-corrected chi connectivity index (χ4v) is 3.79. The van der Waals surface area contributed by atoms with Gasteiger partial charge in [0, 0.05) is 21.7 Å². The molecule has 4 aromatic rings. The lowest BCUT2D eigenvalue weighted by atomic mass is 10.1. The van der Waals surface area contributed by atoms with E-state index in [1.54, 1.807) is 41.2 Å². The highest BCUT2D eigenvalue weighted by atomic mass is 35.5. The second kappa shape index (κ2) is 7.77. The van der Waals surface area contributed by atoms with Crippen LogP contribution >= 0.6 is 23.2 Å². The van der Waals surface area contributed by atoms with Crippen molar-refractivity contribution < 1.29 is 13.7 Å². The summed E-state index contributed by atoms with van der Waals surface area (Å²) < 4.78 is 12.2. The quantitative estimate of drug-likeness (QED) is 0.444. The van der Waals surface area contributed by atoms with Gasteiger partial charge in [-0.15, -0.1) is 0 Å². The standard InChI is InChI=1S/C20H16Cl2N4O3/c1-11-16(10-23-26(11)12(2)19-13(21)5-3-6-14(19)22)24-20(27)15-9-18(29-25-15)17-7-4-8-28-17/h3-10,12H,1-2H3,(H,24,27). The van der Waals surface area contributed by atoms with Crippen molar-refractivity contribution in [3.8, 4) is 11.5 Å². The Bertz CT molecular complexity index is 1140. The van der Waals surface area contributed by atoms with Crippen LogP contribution in [0.4, 0.5) is 5.69 Å². The van der Waals surface area contributed by atoms with Crippen LogP contribution in [0.5, 0.6) is 0 Å². The molecule has 0 radical (unpaired) electrons. The number of benzene rings is 1. The number of rotatable bonds is 5. The maximum absolute atomic E-state index is 12.6. The number of nitrogens with zero attached hydrogens (tertiary/aromatic N) is 3. The molecule has 7 nitrogen and oxygen atoms in total. The molecule has 29 heavy (non-hydrogen) atoms. The molecule has 1 aromatic carbocycles. The van der Waals surface area contributed by atoms with Crippen molar-refractivity contribution >= 4 is 34.8 Å². The summed E-state index contributed by atoms with van der Waals surface area (Å²) in [5.41, 5.74) is 2.19. The first-order valence-electron chi connectivity index (χ1n) is 8.75. The average Bonchev–Trinajstić information content (AvgIpc) is 3.43. The Morgan fingerprint density at radius 3 is 2.62 bits per heavy atom. The minimum absolute atomic E-state index is 0.130. The van der Waals surface area contributed by atoms with Gasteiger partial charge in [-0.25, -0.2) is 0 Å². The highest BCUT2D eigenvalue weighted by Gasteiger charge is 2.21. The Balaban J connectivity index is 1.55. The van der Waals surface area contributed by atoms with Gasteiger partial charge in [0.25, 0.3) is 5.91 Å². The number of aromatic nitrogens is 3. The number of hydrogen-bond acceptors (Lipinski definition) is 5. The normalized spacial score (nSPS) is 12.1. The van der Waals surface area contributed by atoms with Crippen molar-refractivity contribution in [3.05, 3.63) is 75.9 Å². The Kier molecular flexibility index (Phi) is 5.17. The molecule has 1 atom stereocenters. The van der Waals surface area contributed by atoms with Crippen LogP contribution in [0.25, 0.3) is 11.5 Å². The van der Waals surface area contributed by atoms with Gasteiger partial charge in [0.15, 0.2) is 11.5 Å². The number of furan rings is 1. The van der Waals surface area contributed by atoms with E-state index in [0.29, 0.717) is 27.3 Å². The summed E-state index contributed by atoms with van der Waals surface area (Å²) in [6.45, 7) is 3.78.